The van der Waals surface area contributed by atoms with Crippen molar-refractivity contribution in [3.63, 3.8) is 0 Å². The van der Waals surface area contributed by atoms with Crippen molar-refractivity contribution in [2.75, 3.05) is 13.2 Å². The molecule has 9 heteroatoms. The van der Waals surface area contributed by atoms with E-state index in [-0.39, 0.29) is 18.0 Å². The van der Waals surface area contributed by atoms with E-state index < -0.39 is 0 Å². The maximum absolute atomic E-state index is 11.5. The van der Waals surface area contributed by atoms with Crippen LogP contribution in [0.15, 0.2) is 54.2 Å². The number of rotatable bonds is 11. The standard InChI is InChI=1S/C26H31ClN4O4/c1-5-33-24(32)11-12-29-14-19-15-30-25-20(7-6-8-21(19)25)17(4)31-26(35-28)18-9-10-23(22(27)13-18)34-16(2)3/h6-10,13,15-16,29-30H,4-5,11-12,14,28H2,1-3H3/b31-26-. The number of benzene rings is 2. The Balaban J connectivity index is 1.77. The number of nitrogens with two attached hydrogens (primary N) is 1. The molecule has 0 fully saturated rings. The number of carbonyl (C=O) groups is 1. The number of ether oxygens (including phenoxy) is 2. The third kappa shape index (κ3) is 6.85. The highest BCUT2D eigenvalue weighted by Crippen LogP contribution is 2.29. The monoisotopic (exact) mass is 498 g/mol. The number of hydrogen-bond donors (Lipinski definition) is 3. The SMILES string of the molecule is C=C(/N=C(\ON)c1ccc(OC(C)C)c(Cl)c1)c1cccc2c(CNCCC(=O)OCC)c[nH]c12. The number of aromatic amines is 1. The number of halogens is 1. The third-order valence-electron chi connectivity index (χ3n) is 5.13. The van der Waals surface area contributed by atoms with Crippen molar-refractivity contribution in [3.8, 4) is 5.75 Å². The molecule has 1 heterocycles. The van der Waals surface area contributed by atoms with Crippen LogP contribution in [0.5, 0.6) is 5.75 Å². The number of esters is 1. The summed E-state index contributed by atoms with van der Waals surface area (Å²) in [6.45, 7) is 11.3. The van der Waals surface area contributed by atoms with Gasteiger partial charge in [-0.3, -0.25) is 4.79 Å². The first-order chi connectivity index (χ1) is 16.8. The minimum atomic E-state index is -0.211. The van der Waals surface area contributed by atoms with E-state index in [0.717, 1.165) is 22.0 Å². The number of nitrogens with one attached hydrogen (secondary N) is 2. The predicted molar refractivity (Wildman–Crippen MR) is 139 cm³/mol. The van der Waals surface area contributed by atoms with Crippen LogP contribution in [0.2, 0.25) is 5.02 Å². The molecule has 35 heavy (non-hydrogen) atoms. The normalized spacial score (nSPS) is 11.7. The highest BCUT2D eigenvalue weighted by molar-refractivity contribution is 6.32. The number of para-hydroxylation sites is 1. The van der Waals surface area contributed by atoms with E-state index in [2.05, 4.69) is 21.9 Å². The van der Waals surface area contributed by atoms with Gasteiger partial charge in [0.15, 0.2) is 0 Å². The van der Waals surface area contributed by atoms with Crippen LogP contribution >= 0.6 is 11.6 Å². The Morgan fingerprint density at radius 1 is 1.29 bits per heavy atom. The zero-order valence-corrected chi connectivity index (χ0v) is 20.9. The highest BCUT2D eigenvalue weighted by Gasteiger charge is 2.14. The van der Waals surface area contributed by atoms with E-state index >= 15 is 0 Å². The number of carbonyl (C=O) groups excluding carboxylic acids is 1. The lowest BCUT2D eigenvalue weighted by atomic mass is 10.1. The molecule has 0 saturated heterocycles. The van der Waals surface area contributed by atoms with Crippen molar-refractivity contribution in [2.24, 2.45) is 10.9 Å². The summed E-state index contributed by atoms with van der Waals surface area (Å²) in [6, 6.07) is 11.1. The first-order valence-electron chi connectivity index (χ1n) is 11.4. The molecule has 0 aliphatic carbocycles. The molecule has 2 aromatic carbocycles. The molecular formula is C26H31ClN4O4. The summed E-state index contributed by atoms with van der Waals surface area (Å²) < 4.78 is 10.6. The zero-order valence-electron chi connectivity index (χ0n) is 20.2. The minimum Gasteiger partial charge on any atom is -0.489 e. The molecule has 0 amide bonds. The fraction of sp³-hybridized carbons (Fsp3) is 0.308. The molecule has 0 atom stereocenters. The molecule has 0 radical (unpaired) electrons. The second kappa shape index (κ2) is 12.4. The van der Waals surface area contributed by atoms with Gasteiger partial charge in [-0.25, -0.2) is 4.99 Å². The second-order valence-corrected chi connectivity index (χ2v) is 8.47. The Hall–Kier alpha value is -3.33. The van der Waals surface area contributed by atoms with Gasteiger partial charge in [-0.05, 0) is 44.5 Å². The van der Waals surface area contributed by atoms with Crippen molar-refractivity contribution in [1.82, 2.24) is 10.3 Å². The van der Waals surface area contributed by atoms with Gasteiger partial charge in [-0.15, -0.1) is 0 Å². The van der Waals surface area contributed by atoms with Crippen molar-refractivity contribution in [1.29, 1.82) is 0 Å². The van der Waals surface area contributed by atoms with Crippen LogP contribution in [0.3, 0.4) is 0 Å². The number of H-pyrrole nitrogens is 1. The van der Waals surface area contributed by atoms with Crippen LogP contribution in [-0.2, 0) is 20.9 Å². The number of fused-ring (bicyclic) bond motifs is 1. The van der Waals surface area contributed by atoms with Crippen LogP contribution in [0.4, 0.5) is 0 Å². The van der Waals surface area contributed by atoms with Crippen LogP contribution in [0.25, 0.3) is 16.6 Å². The lowest BCUT2D eigenvalue weighted by molar-refractivity contribution is -0.142. The summed E-state index contributed by atoms with van der Waals surface area (Å²) in [5, 5.41) is 4.73. The van der Waals surface area contributed by atoms with Crippen molar-refractivity contribution in [2.45, 2.75) is 39.8 Å². The molecule has 0 bridgehead atoms. The topological polar surface area (TPSA) is 111 Å². The summed E-state index contributed by atoms with van der Waals surface area (Å²) in [4.78, 5) is 24.4. The zero-order chi connectivity index (χ0) is 25.4. The maximum atomic E-state index is 11.5. The molecule has 0 aliphatic heterocycles. The average molecular weight is 499 g/mol. The van der Waals surface area contributed by atoms with E-state index in [1.165, 1.54) is 0 Å². The molecule has 3 rings (SSSR count). The van der Waals surface area contributed by atoms with Gasteiger partial charge in [0.25, 0.3) is 0 Å². The Bertz CT molecular complexity index is 1220. The van der Waals surface area contributed by atoms with E-state index in [9.17, 15) is 4.79 Å². The summed E-state index contributed by atoms with van der Waals surface area (Å²) >= 11 is 6.36. The van der Waals surface area contributed by atoms with Gasteiger partial charge in [0.1, 0.15) is 5.75 Å². The molecule has 1 aromatic heterocycles. The number of aromatic nitrogens is 1. The number of nitrogens with zero attached hydrogens (tertiary/aromatic N) is 1. The third-order valence-corrected chi connectivity index (χ3v) is 5.42. The van der Waals surface area contributed by atoms with E-state index in [4.69, 9.17) is 31.8 Å². The molecule has 186 valence electrons. The van der Waals surface area contributed by atoms with Crippen molar-refractivity contribution in [3.05, 3.63) is 70.9 Å². The first-order valence-corrected chi connectivity index (χ1v) is 11.8. The smallest absolute Gasteiger partial charge is 0.307 e. The predicted octanol–water partition coefficient (Wildman–Crippen LogP) is 4.96. The van der Waals surface area contributed by atoms with Crippen molar-refractivity contribution >= 4 is 40.1 Å². The first kappa shape index (κ1) is 26.3. The van der Waals surface area contributed by atoms with E-state index in [1.807, 2.05) is 38.2 Å². The molecule has 4 N–H and O–H groups in total. The molecule has 0 aliphatic rings. The van der Waals surface area contributed by atoms with Gasteiger partial charge < -0.3 is 24.6 Å². The Morgan fingerprint density at radius 2 is 2.09 bits per heavy atom. The van der Waals surface area contributed by atoms with Gasteiger partial charge in [0.2, 0.25) is 5.90 Å². The molecule has 0 unspecified atom stereocenters. The quantitative estimate of drug-likeness (QED) is 0.113. The van der Waals surface area contributed by atoms with Crippen molar-refractivity contribution < 1.29 is 19.1 Å². The average Bonchev–Trinajstić information content (AvgIpc) is 3.24. The van der Waals surface area contributed by atoms with Crippen LogP contribution in [0.1, 0.15) is 43.9 Å². The lowest BCUT2D eigenvalue weighted by Gasteiger charge is -2.13. The van der Waals surface area contributed by atoms with Crippen LogP contribution in [-0.4, -0.2) is 36.1 Å². The fourth-order valence-electron chi connectivity index (χ4n) is 3.57. The summed E-state index contributed by atoms with van der Waals surface area (Å²) in [5.41, 5.74) is 3.82. The lowest BCUT2D eigenvalue weighted by Crippen LogP contribution is -2.18. The Labute approximate surface area is 210 Å². The Kier molecular flexibility index (Phi) is 9.31. The maximum Gasteiger partial charge on any atom is 0.307 e. The van der Waals surface area contributed by atoms with Gasteiger partial charge in [-0.2, -0.15) is 5.90 Å². The summed E-state index contributed by atoms with van der Waals surface area (Å²) in [6.07, 6.45) is 2.25. The minimum absolute atomic E-state index is 0.00374. The summed E-state index contributed by atoms with van der Waals surface area (Å²) in [7, 11) is 0. The fourth-order valence-corrected chi connectivity index (χ4v) is 3.80. The molecule has 8 nitrogen and oxygen atoms in total. The number of hydrogen-bond acceptors (Lipinski definition) is 7. The highest BCUT2D eigenvalue weighted by atomic mass is 35.5. The van der Waals surface area contributed by atoms with E-state index in [0.29, 0.717) is 48.1 Å². The largest absolute Gasteiger partial charge is 0.489 e. The molecular weight excluding hydrogens is 468 g/mol. The second-order valence-electron chi connectivity index (χ2n) is 8.07. The van der Waals surface area contributed by atoms with Gasteiger partial charge in [0, 0.05) is 35.8 Å². The molecule has 0 spiro atoms. The Morgan fingerprint density at radius 3 is 2.77 bits per heavy atom. The molecule has 3 aromatic rings. The van der Waals surface area contributed by atoms with E-state index in [1.54, 1.807) is 25.1 Å². The summed E-state index contributed by atoms with van der Waals surface area (Å²) in [5.74, 6) is 6.07. The van der Waals surface area contributed by atoms with Gasteiger partial charge >= 0.3 is 5.97 Å². The van der Waals surface area contributed by atoms with Gasteiger partial charge in [0.05, 0.1) is 35.4 Å². The molecule has 0 saturated carbocycles. The van der Waals surface area contributed by atoms with Gasteiger partial charge in [-0.1, -0.05) is 36.4 Å². The number of aliphatic imine (C=N–C) groups is 1. The van der Waals surface area contributed by atoms with Crippen LogP contribution < -0.4 is 16.0 Å². The van der Waals surface area contributed by atoms with Crippen LogP contribution in [0, 0.1) is 0 Å².